The average molecular weight is 415 g/mol. The smallest absolute Gasteiger partial charge is 0.138 e. The van der Waals surface area contributed by atoms with Crippen LogP contribution in [-0.4, -0.2) is 76.4 Å². The minimum atomic E-state index is 0.900. The SMILES string of the molecule is CN1CCN(c2nccc3[nH]c(-c4n[nH]c5cnc(C6=CCNCC6)cc45)cc23)CC1. The number of nitrogens with zero attached hydrogens (tertiary/aromatic N) is 5. The Bertz CT molecular complexity index is 1280. The first kappa shape index (κ1) is 18.5. The lowest BCUT2D eigenvalue weighted by Crippen LogP contribution is -2.44. The van der Waals surface area contributed by atoms with E-state index in [1.165, 1.54) is 5.57 Å². The molecule has 0 radical (unpaired) electrons. The molecule has 0 amide bonds. The van der Waals surface area contributed by atoms with Crippen LogP contribution in [-0.2, 0) is 0 Å². The van der Waals surface area contributed by atoms with E-state index < -0.39 is 0 Å². The topological polar surface area (TPSA) is 88.8 Å². The summed E-state index contributed by atoms with van der Waals surface area (Å²) in [5.74, 6) is 1.05. The van der Waals surface area contributed by atoms with E-state index in [1.54, 1.807) is 0 Å². The Kier molecular flexibility index (Phi) is 4.47. The standard InChI is InChI=1S/C23H26N8/c1-30-8-10-31(11-9-30)23-17-13-20(27-18(17)4-7-25-23)22-16-12-19(15-2-5-24-6-3-15)26-14-21(16)28-29-22/h2,4,7,12-14,24,27H,3,5-6,8-11H2,1H3,(H,28,29). The first-order valence-electron chi connectivity index (χ1n) is 10.9. The monoisotopic (exact) mass is 414 g/mol. The number of H-pyrrole nitrogens is 2. The van der Waals surface area contributed by atoms with Crippen LogP contribution in [0.4, 0.5) is 5.82 Å². The lowest BCUT2D eigenvalue weighted by molar-refractivity contribution is 0.312. The van der Waals surface area contributed by atoms with Gasteiger partial charge in [0.05, 0.1) is 28.6 Å². The lowest BCUT2D eigenvalue weighted by Gasteiger charge is -2.33. The van der Waals surface area contributed by atoms with E-state index in [0.717, 1.165) is 90.4 Å². The number of fused-ring (bicyclic) bond motifs is 2. The van der Waals surface area contributed by atoms with Crippen molar-refractivity contribution in [2.45, 2.75) is 6.42 Å². The molecule has 6 rings (SSSR count). The number of nitrogens with one attached hydrogen (secondary N) is 3. The maximum atomic E-state index is 4.72. The third-order valence-corrected chi connectivity index (χ3v) is 6.43. The van der Waals surface area contributed by atoms with Gasteiger partial charge in [-0.25, -0.2) is 4.98 Å². The van der Waals surface area contributed by atoms with Crippen molar-refractivity contribution >= 4 is 33.2 Å². The molecule has 2 aliphatic rings. The van der Waals surface area contributed by atoms with E-state index in [2.05, 4.69) is 60.5 Å². The zero-order valence-electron chi connectivity index (χ0n) is 17.6. The van der Waals surface area contributed by atoms with Gasteiger partial charge in [-0.05, 0) is 43.8 Å². The van der Waals surface area contributed by atoms with Crippen LogP contribution in [0.15, 0.2) is 36.7 Å². The van der Waals surface area contributed by atoms with Gasteiger partial charge < -0.3 is 20.1 Å². The summed E-state index contributed by atoms with van der Waals surface area (Å²) in [5.41, 5.74) is 6.29. The summed E-state index contributed by atoms with van der Waals surface area (Å²) in [7, 11) is 2.17. The molecule has 1 fully saturated rings. The summed E-state index contributed by atoms with van der Waals surface area (Å²) in [5, 5.41) is 13.4. The molecule has 8 nitrogen and oxygen atoms in total. The molecule has 0 bridgehead atoms. The summed E-state index contributed by atoms with van der Waals surface area (Å²) >= 11 is 0. The molecule has 6 heterocycles. The second kappa shape index (κ2) is 7.47. The van der Waals surface area contributed by atoms with Crippen molar-refractivity contribution in [3.8, 4) is 11.4 Å². The highest BCUT2D eigenvalue weighted by Crippen LogP contribution is 2.33. The minimum Gasteiger partial charge on any atom is -0.353 e. The van der Waals surface area contributed by atoms with Crippen molar-refractivity contribution in [2.75, 3.05) is 51.2 Å². The molecule has 4 aromatic heterocycles. The predicted octanol–water partition coefficient (Wildman–Crippen LogP) is 2.63. The molecule has 31 heavy (non-hydrogen) atoms. The normalized spacial score (nSPS) is 18.1. The number of aromatic nitrogens is 5. The summed E-state index contributed by atoms with van der Waals surface area (Å²) < 4.78 is 0. The zero-order valence-corrected chi connectivity index (χ0v) is 17.6. The Morgan fingerprint density at radius 3 is 2.74 bits per heavy atom. The van der Waals surface area contributed by atoms with E-state index >= 15 is 0 Å². The van der Waals surface area contributed by atoms with Crippen LogP contribution in [0.2, 0.25) is 0 Å². The zero-order chi connectivity index (χ0) is 20.8. The maximum absolute atomic E-state index is 4.72. The molecule has 3 N–H and O–H groups in total. The Morgan fingerprint density at radius 2 is 1.90 bits per heavy atom. The Hall–Kier alpha value is -3.23. The highest BCUT2D eigenvalue weighted by atomic mass is 15.3. The van der Waals surface area contributed by atoms with Crippen LogP contribution in [0.1, 0.15) is 12.1 Å². The highest BCUT2D eigenvalue weighted by molar-refractivity contribution is 5.99. The van der Waals surface area contributed by atoms with Gasteiger partial charge in [0.2, 0.25) is 0 Å². The van der Waals surface area contributed by atoms with Gasteiger partial charge in [0.25, 0.3) is 0 Å². The number of likely N-dealkylation sites (N-methyl/N-ethyl adjacent to an activating group) is 1. The Labute approximate surface area is 180 Å². The fourth-order valence-corrected chi connectivity index (χ4v) is 4.59. The van der Waals surface area contributed by atoms with Gasteiger partial charge in [0, 0.05) is 49.7 Å². The van der Waals surface area contributed by atoms with Crippen LogP contribution in [0.3, 0.4) is 0 Å². The minimum absolute atomic E-state index is 0.900. The average Bonchev–Trinajstić information content (AvgIpc) is 3.43. The highest BCUT2D eigenvalue weighted by Gasteiger charge is 2.20. The lowest BCUT2D eigenvalue weighted by atomic mass is 10.0. The Balaban J connectivity index is 1.42. The fourth-order valence-electron chi connectivity index (χ4n) is 4.59. The maximum Gasteiger partial charge on any atom is 0.138 e. The molecule has 0 aliphatic carbocycles. The molecular weight excluding hydrogens is 388 g/mol. The molecule has 0 unspecified atom stereocenters. The van der Waals surface area contributed by atoms with Crippen LogP contribution in [0, 0.1) is 0 Å². The number of aromatic amines is 2. The van der Waals surface area contributed by atoms with Crippen molar-refractivity contribution in [2.24, 2.45) is 0 Å². The molecule has 0 spiro atoms. The largest absolute Gasteiger partial charge is 0.353 e. The number of hydrogen-bond acceptors (Lipinski definition) is 6. The molecule has 0 saturated carbocycles. The first-order valence-corrected chi connectivity index (χ1v) is 10.9. The quantitative estimate of drug-likeness (QED) is 0.478. The Morgan fingerprint density at radius 1 is 1.00 bits per heavy atom. The van der Waals surface area contributed by atoms with Crippen LogP contribution < -0.4 is 10.2 Å². The summed E-state index contributed by atoms with van der Waals surface area (Å²) in [4.78, 5) is 17.7. The molecule has 8 heteroatoms. The number of hydrogen-bond donors (Lipinski definition) is 3. The van der Waals surface area contributed by atoms with Crippen LogP contribution >= 0.6 is 0 Å². The molecule has 1 saturated heterocycles. The van der Waals surface area contributed by atoms with Crippen molar-refractivity contribution < 1.29 is 0 Å². The number of anilines is 1. The summed E-state index contributed by atoms with van der Waals surface area (Å²) in [6.07, 6.45) is 7.01. The molecule has 0 aromatic carbocycles. The van der Waals surface area contributed by atoms with E-state index in [-0.39, 0.29) is 0 Å². The number of piperazine rings is 1. The molecular formula is C23H26N8. The predicted molar refractivity (Wildman–Crippen MR) is 124 cm³/mol. The van der Waals surface area contributed by atoms with Gasteiger partial charge in [-0.2, -0.15) is 5.10 Å². The molecule has 158 valence electrons. The fraction of sp³-hybridized carbons (Fsp3) is 0.348. The van der Waals surface area contributed by atoms with E-state index in [0.29, 0.717) is 0 Å². The van der Waals surface area contributed by atoms with Crippen molar-refractivity contribution in [3.05, 3.63) is 42.4 Å². The number of pyridine rings is 2. The van der Waals surface area contributed by atoms with E-state index in [9.17, 15) is 0 Å². The van der Waals surface area contributed by atoms with Crippen molar-refractivity contribution in [3.63, 3.8) is 0 Å². The molecule has 4 aromatic rings. The van der Waals surface area contributed by atoms with E-state index in [1.807, 2.05) is 18.5 Å². The van der Waals surface area contributed by atoms with Crippen molar-refractivity contribution in [1.82, 2.24) is 35.4 Å². The third-order valence-electron chi connectivity index (χ3n) is 6.43. The molecule has 0 atom stereocenters. The number of rotatable bonds is 3. The molecule has 2 aliphatic heterocycles. The summed E-state index contributed by atoms with van der Waals surface area (Å²) in [6.45, 7) is 5.99. The second-order valence-corrected chi connectivity index (χ2v) is 8.44. The van der Waals surface area contributed by atoms with Gasteiger partial charge in [-0.15, -0.1) is 0 Å². The second-order valence-electron chi connectivity index (χ2n) is 8.44. The van der Waals surface area contributed by atoms with Gasteiger partial charge in [-0.1, -0.05) is 6.08 Å². The van der Waals surface area contributed by atoms with Crippen molar-refractivity contribution in [1.29, 1.82) is 0 Å². The van der Waals surface area contributed by atoms with Gasteiger partial charge in [0.1, 0.15) is 11.5 Å². The summed E-state index contributed by atoms with van der Waals surface area (Å²) in [6, 6.07) is 6.39. The van der Waals surface area contributed by atoms with Crippen LogP contribution in [0.5, 0.6) is 0 Å². The third kappa shape index (κ3) is 3.28. The van der Waals surface area contributed by atoms with Gasteiger partial charge in [0.15, 0.2) is 0 Å². The van der Waals surface area contributed by atoms with E-state index in [4.69, 9.17) is 4.98 Å². The first-order chi connectivity index (χ1) is 15.3. The van der Waals surface area contributed by atoms with Gasteiger partial charge in [-0.3, -0.25) is 10.1 Å². The van der Waals surface area contributed by atoms with Gasteiger partial charge >= 0.3 is 0 Å². The van der Waals surface area contributed by atoms with Crippen LogP contribution in [0.25, 0.3) is 38.8 Å².